The molecule has 0 aliphatic carbocycles. The molecule has 24 heavy (non-hydrogen) atoms. The van der Waals surface area contributed by atoms with Gasteiger partial charge in [-0.3, -0.25) is 0 Å². The molecule has 0 saturated carbocycles. The topological polar surface area (TPSA) is 101 Å². The summed E-state index contributed by atoms with van der Waals surface area (Å²) in [5.41, 5.74) is 0.379. The normalized spacial score (nSPS) is 11.2. The maximum absolute atomic E-state index is 12.3. The summed E-state index contributed by atoms with van der Waals surface area (Å²) in [6.07, 6.45) is 0. The van der Waals surface area contributed by atoms with E-state index in [1.54, 1.807) is 25.1 Å². The maximum Gasteiger partial charge on any atom is 0.339 e. The quantitative estimate of drug-likeness (QED) is 0.753. The SMILES string of the molecule is Cc1ccccc1S(=O)(=O)CCOc1cc(O)c(C(=O)O)cc1Br. The van der Waals surface area contributed by atoms with Gasteiger partial charge in [0.25, 0.3) is 0 Å². The largest absolute Gasteiger partial charge is 0.507 e. The molecular weight excluding hydrogens is 400 g/mol. The second-order valence-corrected chi connectivity index (χ2v) is 7.97. The molecule has 0 heterocycles. The number of aromatic carboxylic acids is 1. The molecule has 0 fully saturated rings. The Bertz CT molecular complexity index is 876. The highest BCUT2D eigenvalue weighted by Crippen LogP contribution is 2.32. The van der Waals surface area contributed by atoms with Gasteiger partial charge in [0.2, 0.25) is 0 Å². The molecule has 128 valence electrons. The van der Waals surface area contributed by atoms with Crippen LogP contribution in [0.2, 0.25) is 0 Å². The van der Waals surface area contributed by atoms with Crippen LogP contribution in [-0.2, 0) is 9.84 Å². The van der Waals surface area contributed by atoms with Crippen molar-refractivity contribution >= 4 is 31.7 Å². The van der Waals surface area contributed by atoms with E-state index in [0.29, 0.717) is 10.0 Å². The minimum absolute atomic E-state index is 0.138. The van der Waals surface area contributed by atoms with E-state index in [4.69, 9.17) is 9.84 Å². The maximum atomic E-state index is 12.3. The number of carboxylic acids is 1. The van der Waals surface area contributed by atoms with Gasteiger partial charge in [0.15, 0.2) is 9.84 Å². The van der Waals surface area contributed by atoms with Gasteiger partial charge in [-0.05, 0) is 40.5 Å². The van der Waals surface area contributed by atoms with Crippen molar-refractivity contribution in [2.75, 3.05) is 12.4 Å². The fourth-order valence-corrected chi connectivity index (χ4v) is 3.93. The van der Waals surface area contributed by atoms with Crippen LogP contribution in [0.4, 0.5) is 0 Å². The average molecular weight is 415 g/mol. The first-order valence-electron chi connectivity index (χ1n) is 6.89. The second kappa shape index (κ2) is 7.23. The molecule has 0 aliphatic rings. The molecule has 8 heteroatoms. The lowest BCUT2D eigenvalue weighted by atomic mass is 10.2. The first kappa shape index (κ1) is 18.3. The number of aryl methyl sites for hydroxylation is 1. The summed E-state index contributed by atoms with van der Waals surface area (Å²) in [6, 6.07) is 8.99. The summed E-state index contributed by atoms with van der Waals surface area (Å²) in [5, 5.41) is 18.6. The molecule has 2 aromatic carbocycles. The van der Waals surface area contributed by atoms with Gasteiger partial charge in [0.1, 0.15) is 23.7 Å². The number of hydrogen-bond acceptors (Lipinski definition) is 5. The van der Waals surface area contributed by atoms with Crippen LogP contribution in [0.3, 0.4) is 0 Å². The predicted octanol–water partition coefficient (Wildman–Crippen LogP) is 3.01. The zero-order chi connectivity index (χ0) is 17.9. The Morgan fingerprint density at radius 2 is 1.92 bits per heavy atom. The molecule has 0 atom stereocenters. The molecule has 0 bridgehead atoms. The molecule has 0 aliphatic heterocycles. The van der Waals surface area contributed by atoms with E-state index < -0.39 is 21.6 Å². The van der Waals surface area contributed by atoms with E-state index in [0.717, 1.165) is 6.07 Å². The van der Waals surface area contributed by atoms with Crippen LogP contribution in [0.25, 0.3) is 0 Å². The van der Waals surface area contributed by atoms with E-state index in [2.05, 4.69) is 15.9 Å². The number of carboxylic acid groups (broad SMARTS) is 1. The van der Waals surface area contributed by atoms with Crippen LogP contribution < -0.4 is 4.74 Å². The van der Waals surface area contributed by atoms with Crippen LogP contribution in [0, 0.1) is 6.92 Å². The Hall–Kier alpha value is -2.06. The van der Waals surface area contributed by atoms with E-state index in [9.17, 15) is 18.3 Å². The lowest BCUT2D eigenvalue weighted by Crippen LogP contribution is -2.15. The highest BCUT2D eigenvalue weighted by Gasteiger charge is 2.18. The number of sulfone groups is 1. The van der Waals surface area contributed by atoms with E-state index in [1.165, 1.54) is 12.1 Å². The van der Waals surface area contributed by atoms with Crippen LogP contribution in [-0.4, -0.2) is 37.0 Å². The monoisotopic (exact) mass is 414 g/mol. The number of ether oxygens (including phenoxy) is 1. The summed E-state index contributed by atoms with van der Waals surface area (Å²) < 4.78 is 30.3. The van der Waals surface area contributed by atoms with Gasteiger partial charge < -0.3 is 14.9 Å². The molecule has 0 amide bonds. The summed E-state index contributed by atoms with van der Waals surface area (Å²) in [5.74, 6) is -1.81. The lowest BCUT2D eigenvalue weighted by Gasteiger charge is -2.11. The molecule has 6 nitrogen and oxygen atoms in total. The third kappa shape index (κ3) is 4.07. The number of halogens is 1. The highest BCUT2D eigenvalue weighted by atomic mass is 79.9. The van der Waals surface area contributed by atoms with Gasteiger partial charge in [0, 0.05) is 6.07 Å². The van der Waals surface area contributed by atoms with Crippen LogP contribution in [0.1, 0.15) is 15.9 Å². The van der Waals surface area contributed by atoms with Gasteiger partial charge in [-0.2, -0.15) is 0 Å². The summed E-state index contributed by atoms with van der Waals surface area (Å²) in [6.45, 7) is 1.58. The number of hydrogen-bond donors (Lipinski definition) is 2. The van der Waals surface area contributed by atoms with Crippen LogP contribution >= 0.6 is 15.9 Å². The number of phenols is 1. The van der Waals surface area contributed by atoms with Crippen molar-refractivity contribution in [1.82, 2.24) is 0 Å². The van der Waals surface area contributed by atoms with Crippen molar-refractivity contribution in [2.45, 2.75) is 11.8 Å². The van der Waals surface area contributed by atoms with Crippen molar-refractivity contribution < 1.29 is 28.2 Å². The summed E-state index contributed by atoms with van der Waals surface area (Å²) in [4.78, 5) is 11.2. The first-order valence-corrected chi connectivity index (χ1v) is 9.34. The molecule has 0 unspecified atom stereocenters. The standard InChI is InChI=1S/C16H15BrO6S/c1-10-4-2-3-5-15(10)24(21,22)7-6-23-14-9-13(18)11(16(19)20)8-12(14)17/h2-5,8-9,18H,6-7H2,1H3,(H,19,20). The highest BCUT2D eigenvalue weighted by molar-refractivity contribution is 9.10. The van der Waals surface area contributed by atoms with Gasteiger partial charge >= 0.3 is 5.97 Å². The van der Waals surface area contributed by atoms with Gasteiger partial charge in [-0.1, -0.05) is 18.2 Å². The Morgan fingerprint density at radius 1 is 1.25 bits per heavy atom. The predicted molar refractivity (Wildman–Crippen MR) is 91.5 cm³/mol. The molecule has 0 radical (unpaired) electrons. The molecular formula is C16H15BrO6S. The summed E-state index contributed by atoms with van der Waals surface area (Å²) >= 11 is 3.14. The Kier molecular flexibility index (Phi) is 5.51. The van der Waals surface area contributed by atoms with Gasteiger partial charge in [-0.15, -0.1) is 0 Å². The Morgan fingerprint density at radius 3 is 2.54 bits per heavy atom. The average Bonchev–Trinajstić information content (AvgIpc) is 2.50. The Labute approximate surface area is 147 Å². The Balaban J connectivity index is 2.11. The van der Waals surface area contributed by atoms with E-state index in [1.807, 2.05) is 0 Å². The van der Waals surface area contributed by atoms with Crippen molar-refractivity contribution in [3.63, 3.8) is 0 Å². The second-order valence-electron chi connectivity index (χ2n) is 5.04. The molecule has 0 aromatic heterocycles. The fourth-order valence-electron chi connectivity index (χ4n) is 2.10. The molecule has 2 aromatic rings. The number of benzene rings is 2. The summed E-state index contributed by atoms with van der Waals surface area (Å²) in [7, 11) is -3.50. The number of aromatic hydroxyl groups is 1. The van der Waals surface area contributed by atoms with Crippen molar-refractivity contribution in [2.24, 2.45) is 0 Å². The van der Waals surface area contributed by atoms with E-state index >= 15 is 0 Å². The first-order chi connectivity index (χ1) is 11.2. The van der Waals surface area contributed by atoms with Crippen molar-refractivity contribution in [1.29, 1.82) is 0 Å². The zero-order valence-electron chi connectivity index (χ0n) is 12.7. The minimum Gasteiger partial charge on any atom is -0.507 e. The molecule has 0 saturated heterocycles. The number of carbonyl (C=O) groups is 1. The molecule has 0 spiro atoms. The third-order valence-corrected chi connectivity index (χ3v) is 5.77. The van der Waals surface area contributed by atoms with Crippen LogP contribution in [0.15, 0.2) is 45.8 Å². The van der Waals surface area contributed by atoms with E-state index in [-0.39, 0.29) is 28.6 Å². The van der Waals surface area contributed by atoms with Crippen molar-refractivity contribution in [3.05, 3.63) is 52.0 Å². The molecule has 2 rings (SSSR count). The van der Waals surface area contributed by atoms with Crippen LogP contribution in [0.5, 0.6) is 11.5 Å². The number of rotatable bonds is 6. The minimum atomic E-state index is -3.50. The fraction of sp³-hybridized carbons (Fsp3) is 0.188. The van der Waals surface area contributed by atoms with Crippen molar-refractivity contribution in [3.8, 4) is 11.5 Å². The smallest absolute Gasteiger partial charge is 0.339 e. The third-order valence-electron chi connectivity index (χ3n) is 3.32. The molecule has 2 N–H and O–H groups in total. The lowest BCUT2D eigenvalue weighted by molar-refractivity contribution is 0.0693. The van der Waals surface area contributed by atoms with Gasteiger partial charge in [0.05, 0.1) is 15.1 Å². The zero-order valence-corrected chi connectivity index (χ0v) is 15.1. The van der Waals surface area contributed by atoms with Gasteiger partial charge in [-0.25, -0.2) is 13.2 Å².